The Hall–Kier alpha value is -1.67. The molecule has 1 unspecified atom stereocenters. The van der Waals surface area contributed by atoms with E-state index in [9.17, 15) is 8.42 Å². The van der Waals surface area contributed by atoms with Gasteiger partial charge in [-0.15, -0.1) is 0 Å². The van der Waals surface area contributed by atoms with Gasteiger partial charge in [-0.1, -0.05) is 23.2 Å². The molecule has 2 N–H and O–H groups in total. The maximum absolute atomic E-state index is 12.6. The van der Waals surface area contributed by atoms with E-state index >= 15 is 0 Å². The molecule has 0 aliphatic heterocycles. The van der Waals surface area contributed by atoms with Gasteiger partial charge in [0.1, 0.15) is 0 Å². The molecule has 3 aromatic rings. The summed E-state index contributed by atoms with van der Waals surface area (Å²) in [6.45, 7) is 0. The molecule has 0 spiro atoms. The van der Waals surface area contributed by atoms with Crippen molar-refractivity contribution in [2.75, 3.05) is 0 Å². The first-order valence-electron chi connectivity index (χ1n) is 7.71. The number of benzene rings is 1. The van der Waals surface area contributed by atoms with Crippen molar-refractivity contribution in [2.24, 2.45) is 0 Å². The summed E-state index contributed by atoms with van der Waals surface area (Å²) in [6.07, 6.45) is 5.61. The number of hydrogen-bond donors (Lipinski definition) is 2. The average molecular weight is 397 g/mol. The fourth-order valence-corrected chi connectivity index (χ4v) is 4.84. The van der Waals surface area contributed by atoms with Gasteiger partial charge in [-0.05, 0) is 48.6 Å². The second-order valence-electron chi connectivity index (χ2n) is 6.03. The first-order valence-corrected chi connectivity index (χ1v) is 9.95. The zero-order valence-electron chi connectivity index (χ0n) is 13.0. The molecule has 2 aromatic heterocycles. The van der Waals surface area contributed by atoms with E-state index in [1.54, 1.807) is 12.4 Å². The van der Waals surface area contributed by atoms with Gasteiger partial charge in [-0.3, -0.25) is 5.10 Å². The van der Waals surface area contributed by atoms with E-state index in [1.807, 2.05) is 0 Å². The number of sulfonamides is 1. The van der Waals surface area contributed by atoms with Gasteiger partial charge in [0.25, 0.3) is 0 Å². The van der Waals surface area contributed by atoms with E-state index in [4.69, 9.17) is 23.2 Å². The molecular formula is C16H14Cl2N4O2S. The third-order valence-corrected chi connectivity index (χ3v) is 6.67. The summed E-state index contributed by atoms with van der Waals surface area (Å²) >= 11 is 11.8. The van der Waals surface area contributed by atoms with Crippen LogP contribution in [-0.2, 0) is 22.9 Å². The minimum atomic E-state index is -3.67. The van der Waals surface area contributed by atoms with E-state index in [0.717, 1.165) is 23.0 Å². The molecule has 2 heterocycles. The maximum Gasteiger partial charge on any atom is 0.240 e. The third kappa shape index (κ3) is 3.13. The van der Waals surface area contributed by atoms with Crippen LogP contribution in [0, 0.1) is 0 Å². The molecule has 1 aliphatic carbocycles. The minimum absolute atomic E-state index is 0.108. The highest BCUT2D eigenvalue weighted by molar-refractivity contribution is 7.89. The number of pyridine rings is 1. The number of hydrogen-bond acceptors (Lipinski definition) is 4. The van der Waals surface area contributed by atoms with Crippen molar-refractivity contribution in [3.05, 3.63) is 51.8 Å². The lowest BCUT2D eigenvalue weighted by molar-refractivity contribution is 0.508. The largest absolute Gasteiger partial charge is 0.261 e. The Morgan fingerprint density at radius 3 is 2.84 bits per heavy atom. The quantitative estimate of drug-likeness (QED) is 0.711. The van der Waals surface area contributed by atoms with Crippen molar-refractivity contribution in [2.45, 2.75) is 30.2 Å². The predicted molar refractivity (Wildman–Crippen MR) is 96.5 cm³/mol. The van der Waals surface area contributed by atoms with E-state index in [0.29, 0.717) is 17.9 Å². The Balaban J connectivity index is 1.58. The van der Waals surface area contributed by atoms with Gasteiger partial charge >= 0.3 is 0 Å². The summed E-state index contributed by atoms with van der Waals surface area (Å²) in [5.41, 5.74) is 2.99. The molecular weight excluding hydrogens is 383 g/mol. The second-order valence-corrected chi connectivity index (χ2v) is 8.56. The summed E-state index contributed by atoms with van der Waals surface area (Å²) in [5.74, 6) is 0. The monoisotopic (exact) mass is 396 g/mol. The standard InChI is InChI=1S/C16H14Cl2N4O2S/c17-14-4-2-11(6-15(14)18)25(23,24)22-10-1-3-12-9(5-10)7-19-16-13(12)8-20-21-16/h2,4,6-8,10,22H,1,3,5H2,(H,19,20,21). The second kappa shape index (κ2) is 6.25. The van der Waals surface area contributed by atoms with Crippen molar-refractivity contribution in [1.82, 2.24) is 19.9 Å². The summed E-state index contributed by atoms with van der Waals surface area (Å²) < 4.78 is 28.0. The Labute approximate surface area is 154 Å². The van der Waals surface area contributed by atoms with Crippen LogP contribution in [0.2, 0.25) is 10.0 Å². The molecule has 0 saturated heterocycles. The molecule has 1 aliphatic rings. The number of halogens is 2. The van der Waals surface area contributed by atoms with Gasteiger partial charge < -0.3 is 0 Å². The highest BCUT2D eigenvalue weighted by atomic mass is 35.5. The van der Waals surface area contributed by atoms with Crippen molar-refractivity contribution in [1.29, 1.82) is 0 Å². The van der Waals surface area contributed by atoms with Crippen LogP contribution in [0.5, 0.6) is 0 Å². The number of nitrogens with zero attached hydrogens (tertiary/aromatic N) is 2. The number of rotatable bonds is 3. The van der Waals surface area contributed by atoms with Crippen molar-refractivity contribution < 1.29 is 8.42 Å². The van der Waals surface area contributed by atoms with Crippen molar-refractivity contribution in [3.63, 3.8) is 0 Å². The predicted octanol–water partition coefficient (Wildman–Crippen LogP) is 3.10. The Morgan fingerprint density at radius 1 is 1.20 bits per heavy atom. The van der Waals surface area contributed by atoms with E-state index in [1.165, 1.54) is 23.8 Å². The van der Waals surface area contributed by atoms with Crippen molar-refractivity contribution in [3.8, 4) is 0 Å². The van der Waals surface area contributed by atoms with Crippen LogP contribution >= 0.6 is 23.2 Å². The SMILES string of the molecule is O=S(=O)(NC1CCc2c(cnc3[nH]ncc23)C1)c1ccc(Cl)c(Cl)c1. The zero-order valence-corrected chi connectivity index (χ0v) is 15.3. The smallest absolute Gasteiger partial charge is 0.240 e. The van der Waals surface area contributed by atoms with E-state index in [-0.39, 0.29) is 16.0 Å². The third-order valence-electron chi connectivity index (χ3n) is 4.41. The molecule has 1 aromatic carbocycles. The van der Waals surface area contributed by atoms with Gasteiger partial charge in [-0.2, -0.15) is 5.10 Å². The lowest BCUT2D eigenvalue weighted by Gasteiger charge is -2.25. The van der Waals surface area contributed by atoms with E-state index < -0.39 is 10.0 Å². The van der Waals surface area contributed by atoms with Crippen LogP contribution in [0.4, 0.5) is 0 Å². The molecule has 130 valence electrons. The van der Waals surface area contributed by atoms with Crippen LogP contribution in [0.15, 0.2) is 35.5 Å². The molecule has 0 radical (unpaired) electrons. The fourth-order valence-electron chi connectivity index (χ4n) is 3.18. The maximum atomic E-state index is 12.6. The number of aryl methyl sites for hydroxylation is 1. The molecule has 0 saturated carbocycles. The molecule has 4 rings (SSSR count). The topological polar surface area (TPSA) is 87.7 Å². The number of H-pyrrole nitrogens is 1. The first kappa shape index (κ1) is 16.8. The lowest BCUT2D eigenvalue weighted by Crippen LogP contribution is -2.38. The van der Waals surface area contributed by atoms with Crippen LogP contribution in [0.25, 0.3) is 11.0 Å². The molecule has 1 atom stereocenters. The van der Waals surface area contributed by atoms with Crippen LogP contribution in [-0.4, -0.2) is 29.6 Å². The summed E-state index contributed by atoms with van der Waals surface area (Å²) in [5, 5.41) is 8.41. The molecule has 25 heavy (non-hydrogen) atoms. The highest BCUT2D eigenvalue weighted by Crippen LogP contribution is 2.28. The lowest BCUT2D eigenvalue weighted by atomic mass is 9.88. The van der Waals surface area contributed by atoms with Crippen LogP contribution < -0.4 is 4.72 Å². The van der Waals surface area contributed by atoms with Gasteiger partial charge in [0.2, 0.25) is 10.0 Å². The number of aromatic nitrogens is 3. The summed E-state index contributed by atoms with van der Waals surface area (Å²) in [4.78, 5) is 4.44. The molecule has 9 heteroatoms. The van der Waals surface area contributed by atoms with E-state index in [2.05, 4.69) is 19.9 Å². The summed E-state index contributed by atoms with van der Waals surface area (Å²) in [6, 6.07) is 4.09. The Kier molecular flexibility index (Phi) is 4.19. The fraction of sp³-hybridized carbons (Fsp3) is 0.250. The van der Waals surface area contributed by atoms with Gasteiger partial charge in [0.05, 0.1) is 21.1 Å². The number of aromatic amines is 1. The molecule has 0 amide bonds. The zero-order chi connectivity index (χ0) is 17.6. The molecule has 0 fully saturated rings. The Morgan fingerprint density at radius 2 is 2.04 bits per heavy atom. The Bertz CT molecular complexity index is 1070. The van der Waals surface area contributed by atoms with Gasteiger partial charge in [0.15, 0.2) is 5.65 Å². The number of nitrogens with one attached hydrogen (secondary N) is 2. The number of fused-ring (bicyclic) bond motifs is 3. The van der Waals surface area contributed by atoms with Gasteiger partial charge in [-0.25, -0.2) is 18.1 Å². The molecule has 6 nitrogen and oxygen atoms in total. The van der Waals surface area contributed by atoms with Crippen molar-refractivity contribution >= 4 is 44.3 Å². The summed E-state index contributed by atoms with van der Waals surface area (Å²) in [7, 11) is -3.67. The normalized spacial score (nSPS) is 17.6. The molecule has 0 bridgehead atoms. The average Bonchev–Trinajstić information content (AvgIpc) is 3.05. The van der Waals surface area contributed by atoms with Gasteiger partial charge in [0, 0.05) is 17.6 Å². The minimum Gasteiger partial charge on any atom is -0.261 e. The van der Waals surface area contributed by atoms with Crippen LogP contribution in [0.1, 0.15) is 17.5 Å². The highest BCUT2D eigenvalue weighted by Gasteiger charge is 2.26. The first-order chi connectivity index (χ1) is 11.9. The van der Waals surface area contributed by atoms with Crippen LogP contribution in [0.3, 0.4) is 0 Å².